The van der Waals surface area contributed by atoms with Gasteiger partial charge in [-0.2, -0.15) is 0 Å². The third-order valence-electron chi connectivity index (χ3n) is 2.73. The molecule has 0 aromatic heterocycles. The number of fused-ring (bicyclic) bond motifs is 1. The quantitative estimate of drug-likeness (QED) is 0.877. The van der Waals surface area contributed by atoms with Crippen LogP contribution in [0.15, 0.2) is 60.4 Å². The van der Waals surface area contributed by atoms with Gasteiger partial charge in [0, 0.05) is 5.56 Å². The van der Waals surface area contributed by atoms with E-state index in [-0.39, 0.29) is 6.61 Å². The summed E-state index contributed by atoms with van der Waals surface area (Å²) in [4.78, 5) is 0. The SMILES string of the molecule is OCC1=C(c2ccccc2)Oc2ccccc2O1. The lowest BCUT2D eigenvalue weighted by molar-refractivity contribution is 0.242. The third-order valence-corrected chi connectivity index (χ3v) is 2.73. The lowest BCUT2D eigenvalue weighted by atomic mass is 10.1. The van der Waals surface area contributed by atoms with Crippen LogP contribution in [0.4, 0.5) is 0 Å². The van der Waals surface area contributed by atoms with Crippen molar-refractivity contribution in [1.29, 1.82) is 0 Å². The van der Waals surface area contributed by atoms with Crippen molar-refractivity contribution >= 4 is 5.76 Å². The number of hydrogen-bond donors (Lipinski definition) is 1. The summed E-state index contributed by atoms with van der Waals surface area (Å²) >= 11 is 0. The Hall–Kier alpha value is -2.26. The van der Waals surface area contributed by atoms with Crippen LogP contribution in [-0.2, 0) is 0 Å². The van der Waals surface area contributed by atoms with Gasteiger partial charge in [-0.25, -0.2) is 0 Å². The topological polar surface area (TPSA) is 38.7 Å². The summed E-state index contributed by atoms with van der Waals surface area (Å²) in [6, 6.07) is 17.0. The zero-order valence-corrected chi connectivity index (χ0v) is 9.67. The number of benzene rings is 2. The van der Waals surface area contributed by atoms with E-state index in [4.69, 9.17) is 9.47 Å². The highest BCUT2D eigenvalue weighted by molar-refractivity contribution is 5.67. The van der Waals surface area contributed by atoms with Crippen LogP contribution in [0.3, 0.4) is 0 Å². The van der Waals surface area contributed by atoms with E-state index in [1.807, 2.05) is 54.6 Å². The van der Waals surface area contributed by atoms with E-state index in [1.165, 1.54) is 0 Å². The molecule has 0 spiro atoms. The van der Waals surface area contributed by atoms with Crippen molar-refractivity contribution in [2.75, 3.05) is 6.61 Å². The van der Waals surface area contributed by atoms with Crippen LogP contribution in [0.1, 0.15) is 5.56 Å². The number of aliphatic hydroxyl groups excluding tert-OH is 1. The molecule has 1 aliphatic heterocycles. The molecule has 3 heteroatoms. The second-order valence-electron chi connectivity index (χ2n) is 3.93. The Bertz CT molecular complexity index is 588. The summed E-state index contributed by atoms with van der Waals surface area (Å²) in [6.07, 6.45) is 0. The summed E-state index contributed by atoms with van der Waals surface area (Å²) in [5.41, 5.74) is 0.885. The highest BCUT2D eigenvalue weighted by atomic mass is 16.6. The summed E-state index contributed by atoms with van der Waals surface area (Å²) in [7, 11) is 0. The van der Waals surface area contributed by atoms with Crippen LogP contribution in [-0.4, -0.2) is 11.7 Å². The predicted molar refractivity (Wildman–Crippen MR) is 68.1 cm³/mol. The van der Waals surface area contributed by atoms with Crippen molar-refractivity contribution in [2.45, 2.75) is 0 Å². The van der Waals surface area contributed by atoms with Crippen LogP contribution in [0, 0.1) is 0 Å². The lowest BCUT2D eigenvalue weighted by Gasteiger charge is -2.22. The fourth-order valence-corrected chi connectivity index (χ4v) is 1.88. The minimum absolute atomic E-state index is 0.196. The minimum Gasteiger partial charge on any atom is -0.451 e. The molecule has 0 saturated carbocycles. The van der Waals surface area contributed by atoms with Crippen molar-refractivity contribution < 1.29 is 14.6 Å². The normalized spacial score (nSPS) is 13.6. The van der Waals surface area contributed by atoms with Gasteiger partial charge in [0.25, 0.3) is 0 Å². The molecule has 0 unspecified atom stereocenters. The van der Waals surface area contributed by atoms with Gasteiger partial charge >= 0.3 is 0 Å². The number of ether oxygens (including phenoxy) is 2. The third kappa shape index (κ3) is 1.85. The summed E-state index contributed by atoms with van der Waals surface area (Å²) < 4.78 is 11.5. The molecule has 3 nitrogen and oxygen atoms in total. The van der Waals surface area contributed by atoms with Gasteiger partial charge in [0.05, 0.1) is 0 Å². The number of aliphatic hydroxyl groups is 1. The van der Waals surface area contributed by atoms with Crippen LogP contribution in [0.25, 0.3) is 5.76 Å². The van der Waals surface area contributed by atoms with Crippen LogP contribution >= 0.6 is 0 Å². The first-order valence-corrected chi connectivity index (χ1v) is 5.72. The van der Waals surface area contributed by atoms with Crippen molar-refractivity contribution in [3.8, 4) is 11.5 Å². The molecule has 1 heterocycles. The van der Waals surface area contributed by atoms with Crippen LogP contribution < -0.4 is 9.47 Å². The van der Waals surface area contributed by atoms with Gasteiger partial charge in [-0.1, -0.05) is 42.5 Å². The minimum atomic E-state index is -0.196. The molecule has 2 aromatic carbocycles. The first kappa shape index (κ1) is 10.9. The first-order valence-electron chi connectivity index (χ1n) is 5.72. The molecule has 0 aliphatic carbocycles. The van der Waals surface area contributed by atoms with Gasteiger partial charge in [-0.15, -0.1) is 0 Å². The zero-order chi connectivity index (χ0) is 12.4. The van der Waals surface area contributed by atoms with E-state index in [1.54, 1.807) is 0 Å². The molecule has 3 rings (SSSR count). The number of rotatable bonds is 2. The van der Waals surface area contributed by atoms with Crippen molar-refractivity contribution in [3.63, 3.8) is 0 Å². The molecular weight excluding hydrogens is 228 g/mol. The summed E-state index contributed by atoms with van der Waals surface area (Å²) in [5.74, 6) is 2.28. The molecule has 0 radical (unpaired) electrons. The Labute approximate surface area is 105 Å². The van der Waals surface area contributed by atoms with Crippen molar-refractivity contribution in [3.05, 3.63) is 65.9 Å². The van der Waals surface area contributed by atoms with Crippen molar-refractivity contribution in [1.82, 2.24) is 0 Å². The molecule has 90 valence electrons. The van der Waals surface area contributed by atoms with Gasteiger partial charge in [0.1, 0.15) is 6.61 Å². The van der Waals surface area contributed by atoms with Gasteiger partial charge in [0.2, 0.25) is 0 Å². The molecule has 0 fully saturated rings. The van der Waals surface area contributed by atoms with E-state index >= 15 is 0 Å². The van der Waals surface area contributed by atoms with Crippen LogP contribution in [0.2, 0.25) is 0 Å². The Morgan fingerprint density at radius 1 is 0.778 bits per heavy atom. The van der Waals surface area contributed by atoms with Crippen LogP contribution in [0.5, 0.6) is 11.5 Å². The maximum atomic E-state index is 9.39. The van der Waals surface area contributed by atoms with Crippen molar-refractivity contribution in [2.24, 2.45) is 0 Å². The van der Waals surface area contributed by atoms with E-state index in [0.717, 1.165) is 5.56 Å². The second kappa shape index (κ2) is 4.55. The average molecular weight is 240 g/mol. The molecule has 0 amide bonds. The highest BCUT2D eigenvalue weighted by Gasteiger charge is 2.21. The van der Waals surface area contributed by atoms with E-state index in [9.17, 15) is 5.11 Å². The van der Waals surface area contributed by atoms with E-state index in [0.29, 0.717) is 23.0 Å². The summed E-state index contributed by atoms with van der Waals surface area (Å²) in [5, 5.41) is 9.39. The van der Waals surface area contributed by atoms with Gasteiger partial charge in [0.15, 0.2) is 23.0 Å². The standard InChI is InChI=1S/C15H12O3/c16-10-14-15(11-6-2-1-3-7-11)18-13-9-5-4-8-12(13)17-14/h1-9,16H,10H2. The number of hydrogen-bond acceptors (Lipinski definition) is 3. The molecule has 1 N–H and O–H groups in total. The molecular formula is C15H12O3. The van der Waals surface area contributed by atoms with Gasteiger partial charge in [-0.05, 0) is 12.1 Å². The number of para-hydroxylation sites is 2. The molecule has 0 bridgehead atoms. The molecule has 18 heavy (non-hydrogen) atoms. The second-order valence-corrected chi connectivity index (χ2v) is 3.93. The molecule has 0 atom stereocenters. The Kier molecular flexibility index (Phi) is 2.74. The average Bonchev–Trinajstić information content (AvgIpc) is 2.46. The lowest BCUT2D eigenvalue weighted by Crippen LogP contribution is -2.13. The maximum absolute atomic E-state index is 9.39. The van der Waals surface area contributed by atoms with E-state index in [2.05, 4.69) is 0 Å². The summed E-state index contributed by atoms with van der Waals surface area (Å²) in [6.45, 7) is -0.196. The Morgan fingerprint density at radius 3 is 2.06 bits per heavy atom. The highest BCUT2D eigenvalue weighted by Crippen LogP contribution is 2.37. The van der Waals surface area contributed by atoms with Gasteiger partial charge < -0.3 is 14.6 Å². The molecule has 1 aliphatic rings. The molecule has 0 saturated heterocycles. The maximum Gasteiger partial charge on any atom is 0.175 e. The first-order chi connectivity index (χ1) is 8.88. The fraction of sp³-hybridized carbons (Fsp3) is 0.0667. The van der Waals surface area contributed by atoms with E-state index < -0.39 is 0 Å². The Balaban J connectivity index is 2.06. The smallest absolute Gasteiger partial charge is 0.175 e. The zero-order valence-electron chi connectivity index (χ0n) is 9.67. The predicted octanol–water partition coefficient (Wildman–Crippen LogP) is 2.82. The molecule has 2 aromatic rings. The fourth-order valence-electron chi connectivity index (χ4n) is 1.88. The largest absolute Gasteiger partial charge is 0.451 e. The van der Waals surface area contributed by atoms with Gasteiger partial charge in [-0.3, -0.25) is 0 Å². The Morgan fingerprint density at radius 2 is 1.39 bits per heavy atom. The monoisotopic (exact) mass is 240 g/mol.